The van der Waals surface area contributed by atoms with Gasteiger partial charge in [-0.25, -0.2) is 17.8 Å². The molecule has 3 N–H and O–H groups in total. The minimum absolute atomic E-state index is 0.0702. The molecule has 3 rings (SSSR count). The SMILES string of the molecule is C[C@@]1(c2cc(NC(=O)c3ccc(Cl)cn3)ccc2F)CCS(=O)(=O)CC(N)=N1. The Labute approximate surface area is 166 Å². The molecule has 0 unspecified atom stereocenters. The summed E-state index contributed by atoms with van der Waals surface area (Å²) in [6, 6.07) is 7.01. The van der Waals surface area contributed by atoms with E-state index >= 15 is 0 Å². The Bertz CT molecular complexity index is 1060. The predicted molar refractivity (Wildman–Crippen MR) is 106 cm³/mol. The van der Waals surface area contributed by atoms with E-state index in [1.807, 2.05) is 0 Å². The molecular weight excluding hydrogens is 407 g/mol. The number of nitrogens with one attached hydrogen (secondary N) is 1. The van der Waals surface area contributed by atoms with Gasteiger partial charge < -0.3 is 11.1 Å². The third kappa shape index (κ3) is 4.48. The van der Waals surface area contributed by atoms with Crippen LogP contribution in [-0.4, -0.2) is 36.7 Å². The molecule has 2 heterocycles. The fraction of sp³-hybridized carbons (Fsp3) is 0.278. The lowest BCUT2D eigenvalue weighted by atomic mass is 9.89. The van der Waals surface area contributed by atoms with Gasteiger partial charge in [-0.2, -0.15) is 0 Å². The zero-order chi connectivity index (χ0) is 20.5. The van der Waals surface area contributed by atoms with Crippen LogP contribution in [0.25, 0.3) is 0 Å². The lowest BCUT2D eigenvalue weighted by Crippen LogP contribution is -2.26. The number of benzene rings is 1. The average molecular weight is 425 g/mol. The fourth-order valence-electron chi connectivity index (χ4n) is 2.97. The van der Waals surface area contributed by atoms with Gasteiger partial charge in [0.2, 0.25) is 0 Å². The highest BCUT2D eigenvalue weighted by Gasteiger charge is 2.34. The summed E-state index contributed by atoms with van der Waals surface area (Å²) in [4.78, 5) is 20.5. The van der Waals surface area contributed by atoms with Crippen molar-refractivity contribution in [3.8, 4) is 0 Å². The molecule has 1 aromatic carbocycles. The molecule has 0 radical (unpaired) electrons. The number of nitrogens with zero attached hydrogens (tertiary/aromatic N) is 2. The van der Waals surface area contributed by atoms with Crippen molar-refractivity contribution in [1.29, 1.82) is 0 Å². The van der Waals surface area contributed by atoms with Crippen LogP contribution in [0.4, 0.5) is 10.1 Å². The van der Waals surface area contributed by atoms with Gasteiger partial charge in [0.1, 0.15) is 23.1 Å². The Balaban J connectivity index is 1.92. The highest BCUT2D eigenvalue weighted by Crippen LogP contribution is 2.35. The number of amidine groups is 1. The van der Waals surface area contributed by atoms with Gasteiger partial charge in [0.15, 0.2) is 9.84 Å². The number of aliphatic imine (C=N–C) groups is 1. The van der Waals surface area contributed by atoms with Gasteiger partial charge in [-0.3, -0.25) is 9.79 Å². The highest BCUT2D eigenvalue weighted by atomic mass is 35.5. The molecule has 1 aliphatic heterocycles. The van der Waals surface area contributed by atoms with Crippen molar-refractivity contribution in [2.24, 2.45) is 10.7 Å². The van der Waals surface area contributed by atoms with Gasteiger partial charge in [-0.05, 0) is 43.7 Å². The highest BCUT2D eigenvalue weighted by molar-refractivity contribution is 7.92. The van der Waals surface area contributed by atoms with Crippen molar-refractivity contribution < 1.29 is 17.6 Å². The lowest BCUT2D eigenvalue weighted by molar-refractivity contribution is 0.102. The Morgan fingerprint density at radius 2 is 2.07 bits per heavy atom. The number of aromatic nitrogens is 1. The molecule has 0 aliphatic carbocycles. The van der Waals surface area contributed by atoms with E-state index in [4.69, 9.17) is 17.3 Å². The molecule has 0 spiro atoms. The van der Waals surface area contributed by atoms with Crippen LogP contribution in [0.1, 0.15) is 29.4 Å². The number of carbonyl (C=O) groups excluding carboxylic acids is 1. The van der Waals surface area contributed by atoms with Crippen molar-refractivity contribution in [3.63, 3.8) is 0 Å². The number of nitrogens with two attached hydrogens (primary N) is 1. The molecule has 2 aromatic rings. The maximum Gasteiger partial charge on any atom is 0.274 e. The van der Waals surface area contributed by atoms with Crippen molar-refractivity contribution >= 4 is 38.9 Å². The van der Waals surface area contributed by atoms with E-state index < -0.39 is 27.1 Å². The Morgan fingerprint density at radius 1 is 1.32 bits per heavy atom. The number of halogens is 2. The summed E-state index contributed by atoms with van der Waals surface area (Å²) in [6.07, 6.45) is 1.42. The minimum atomic E-state index is -3.40. The van der Waals surface area contributed by atoms with E-state index in [1.165, 1.54) is 36.5 Å². The van der Waals surface area contributed by atoms with Crippen LogP contribution >= 0.6 is 11.6 Å². The second kappa shape index (κ2) is 7.48. The normalized spacial score (nSPS) is 21.5. The third-order valence-corrected chi connectivity index (χ3v) is 6.21. The third-order valence-electron chi connectivity index (χ3n) is 4.42. The molecule has 1 amide bonds. The number of anilines is 1. The standard InChI is InChI=1S/C18H18ClFN4O3S/c1-18(6-7-28(26,27)10-16(21)24-18)13-8-12(3-4-14(13)20)23-17(25)15-5-2-11(19)9-22-15/h2-5,8-9H,6-7,10H2,1H3,(H2,21,24)(H,23,25)/t18-/m0/s1. The molecule has 10 heteroatoms. The van der Waals surface area contributed by atoms with E-state index in [-0.39, 0.29) is 35.0 Å². The van der Waals surface area contributed by atoms with Crippen LogP contribution in [0.15, 0.2) is 41.5 Å². The van der Waals surface area contributed by atoms with E-state index in [2.05, 4.69) is 15.3 Å². The van der Waals surface area contributed by atoms with Crippen LogP contribution in [0.3, 0.4) is 0 Å². The summed E-state index contributed by atoms with van der Waals surface area (Å²) in [5.74, 6) is -1.66. The topological polar surface area (TPSA) is 115 Å². The van der Waals surface area contributed by atoms with Gasteiger partial charge in [0.05, 0.1) is 16.3 Å². The fourth-order valence-corrected chi connectivity index (χ4v) is 4.45. The van der Waals surface area contributed by atoms with Crippen molar-refractivity contribution in [2.45, 2.75) is 18.9 Å². The number of pyridine rings is 1. The smallest absolute Gasteiger partial charge is 0.274 e. The molecule has 28 heavy (non-hydrogen) atoms. The van der Waals surface area contributed by atoms with Crippen LogP contribution < -0.4 is 11.1 Å². The first kappa shape index (κ1) is 20.2. The molecule has 1 aromatic heterocycles. The number of hydrogen-bond acceptors (Lipinski definition) is 6. The van der Waals surface area contributed by atoms with Gasteiger partial charge >= 0.3 is 0 Å². The number of amides is 1. The average Bonchev–Trinajstić information content (AvgIpc) is 2.72. The van der Waals surface area contributed by atoms with E-state index in [0.717, 1.165) is 0 Å². The number of rotatable bonds is 3. The van der Waals surface area contributed by atoms with Crippen LogP contribution in [0.2, 0.25) is 5.02 Å². The zero-order valence-electron chi connectivity index (χ0n) is 14.9. The predicted octanol–water partition coefficient (Wildman–Crippen LogP) is 2.52. The first-order chi connectivity index (χ1) is 13.1. The molecule has 1 atom stereocenters. The summed E-state index contributed by atoms with van der Waals surface area (Å²) in [5, 5.41) is 3.03. The summed E-state index contributed by atoms with van der Waals surface area (Å²) in [6.45, 7) is 1.62. The second-order valence-corrected chi connectivity index (χ2v) is 9.35. The molecule has 1 aliphatic rings. The Hall–Kier alpha value is -2.52. The van der Waals surface area contributed by atoms with Crippen molar-refractivity contribution in [2.75, 3.05) is 16.8 Å². The van der Waals surface area contributed by atoms with Gasteiger partial charge in [0, 0.05) is 17.4 Å². The van der Waals surface area contributed by atoms with E-state index in [1.54, 1.807) is 6.92 Å². The minimum Gasteiger partial charge on any atom is -0.387 e. The summed E-state index contributed by atoms with van der Waals surface area (Å²) >= 11 is 5.76. The van der Waals surface area contributed by atoms with Crippen molar-refractivity contribution in [1.82, 2.24) is 4.98 Å². The molecule has 7 nitrogen and oxygen atoms in total. The van der Waals surface area contributed by atoms with Gasteiger partial charge in [-0.1, -0.05) is 11.6 Å². The second-order valence-electron chi connectivity index (χ2n) is 6.73. The summed E-state index contributed by atoms with van der Waals surface area (Å²) in [5.41, 5.74) is 5.18. The maximum absolute atomic E-state index is 14.6. The zero-order valence-corrected chi connectivity index (χ0v) is 16.5. The maximum atomic E-state index is 14.6. The number of sulfone groups is 1. The van der Waals surface area contributed by atoms with Crippen LogP contribution in [-0.2, 0) is 15.4 Å². The van der Waals surface area contributed by atoms with Crippen LogP contribution in [0, 0.1) is 5.82 Å². The number of hydrogen-bond donors (Lipinski definition) is 2. The first-order valence-corrected chi connectivity index (χ1v) is 10.6. The summed E-state index contributed by atoms with van der Waals surface area (Å²) < 4.78 is 38.5. The molecule has 0 fully saturated rings. The van der Waals surface area contributed by atoms with Gasteiger partial charge in [0.25, 0.3) is 5.91 Å². The van der Waals surface area contributed by atoms with E-state index in [9.17, 15) is 17.6 Å². The lowest BCUT2D eigenvalue weighted by Gasteiger charge is -2.25. The molecule has 0 bridgehead atoms. The summed E-state index contributed by atoms with van der Waals surface area (Å²) in [7, 11) is -3.40. The largest absolute Gasteiger partial charge is 0.387 e. The monoisotopic (exact) mass is 424 g/mol. The Kier molecular flexibility index (Phi) is 5.40. The Morgan fingerprint density at radius 3 is 2.75 bits per heavy atom. The molecule has 0 saturated heterocycles. The molecular formula is C18H18ClFN4O3S. The quantitative estimate of drug-likeness (QED) is 0.785. The van der Waals surface area contributed by atoms with Gasteiger partial charge in [-0.15, -0.1) is 0 Å². The first-order valence-electron chi connectivity index (χ1n) is 8.35. The molecule has 148 valence electrons. The van der Waals surface area contributed by atoms with Crippen molar-refractivity contribution in [3.05, 3.63) is 58.6 Å². The number of carbonyl (C=O) groups is 1. The molecule has 0 saturated carbocycles. The van der Waals surface area contributed by atoms with E-state index in [0.29, 0.717) is 10.7 Å². The van der Waals surface area contributed by atoms with Crippen LogP contribution in [0.5, 0.6) is 0 Å².